The van der Waals surface area contributed by atoms with Crippen LogP contribution in [-0.2, 0) is 4.57 Å². The monoisotopic (exact) mass is 383 g/mol. The van der Waals surface area contributed by atoms with Crippen LogP contribution in [0.4, 0.5) is 5.69 Å². The van der Waals surface area contributed by atoms with Gasteiger partial charge in [0.2, 0.25) is 0 Å². The molecule has 0 radical (unpaired) electrons. The van der Waals surface area contributed by atoms with Gasteiger partial charge in [-0.3, -0.25) is 10.1 Å². The molecule has 1 aromatic rings. The first-order valence-electron chi connectivity index (χ1n) is 9.76. The Labute approximate surface area is 158 Å². The number of hydrogen-bond acceptors (Lipinski definition) is 2. The fraction of sp³-hybridized carbons (Fsp3) is 0.684. The maximum absolute atomic E-state index is 13.8. The minimum atomic E-state index is -3.12. The standard InChI is InChI=1S/C19H34N3OPS/c1-3-5-16-21(17-6-4-2)24(20,23)22(18-12-8-7-9-13-18)25-19-14-10-11-15-19/h7-9,12-13,19H,3-6,10-11,14-17H2,1-2H3,(H2,20,23). The van der Waals surface area contributed by atoms with E-state index < -0.39 is 7.59 Å². The molecule has 0 saturated heterocycles. The largest absolute Gasteiger partial charge is 0.315 e. The van der Waals surface area contributed by atoms with Crippen LogP contribution in [0.2, 0.25) is 0 Å². The molecule has 0 amide bonds. The fourth-order valence-corrected chi connectivity index (χ4v) is 7.05. The highest BCUT2D eigenvalue weighted by molar-refractivity contribution is 8.07. The van der Waals surface area contributed by atoms with Gasteiger partial charge in [-0.25, -0.2) is 8.75 Å². The highest BCUT2D eigenvalue weighted by atomic mass is 32.2. The molecule has 1 atom stereocenters. The molecule has 0 aliphatic heterocycles. The van der Waals surface area contributed by atoms with E-state index in [2.05, 4.69) is 18.5 Å². The number of benzene rings is 1. The van der Waals surface area contributed by atoms with Crippen molar-refractivity contribution in [3.63, 3.8) is 0 Å². The lowest BCUT2D eigenvalue weighted by atomic mass is 10.3. The van der Waals surface area contributed by atoms with Gasteiger partial charge in [-0.1, -0.05) is 57.7 Å². The SMILES string of the molecule is CCCCN(CCCC)P(N)(=O)N(SC1CCCC1)c1ccccc1. The predicted molar refractivity (Wildman–Crippen MR) is 112 cm³/mol. The fourth-order valence-electron chi connectivity index (χ4n) is 3.18. The smallest absolute Gasteiger partial charge is 0.263 e. The van der Waals surface area contributed by atoms with Crippen molar-refractivity contribution in [2.24, 2.45) is 5.50 Å². The molecular formula is C19H34N3OPS. The van der Waals surface area contributed by atoms with E-state index in [1.54, 1.807) is 11.9 Å². The minimum absolute atomic E-state index is 0.524. The lowest BCUT2D eigenvalue weighted by molar-refractivity contribution is 0.394. The van der Waals surface area contributed by atoms with Crippen molar-refractivity contribution in [2.75, 3.05) is 17.2 Å². The van der Waals surface area contributed by atoms with Crippen molar-refractivity contribution in [2.45, 2.75) is 70.5 Å². The summed E-state index contributed by atoms with van der Waals surface area (Å²) in [6.45, 7) is 5.95. The summed E-state index contributed by atoms with van der Waals surface area (Å²) in [7, 11) is -3.12. The summed E-state index contributed by atoms with van der Waals surface area (Å²) in [6.07, 6.45) is 9.15. The number of para-hydroxylation sites is 1. The Morgan fingerprint density at radius 1 is 1.08 bits per heavy atom. The molecule has 1 aromatic carbocycles. The van der Waals surface area contributed by atoms with Crippen LogP contribution in [-0.4, -0.2) is 23.0 Å². The number of rotatable bonds is 11. The zero-order valence-corrected chi connectivity index (χ0v) is 17.5. The van der Waals surface area contributed by atoms with Crippen molar-refractivity contribution in [1.82, 2.24) is 4.67 Å². The molecule has 0 heterocycles. The van der Waals surface area contributed by atoms with Gasteiger partial charge in [0.15, 0.2) is 0 Å². The summed E-state index contributed by atoms with van der Waals surface area (Å²) in [5.74, 6) is 0. The highest BCUT2D eigenvalue weighted by Gasteiger charge is 2.36. The Morgan fingerprint density at radius 2 is 1.64 bits per heavy atom. The predicted octanol–water partition coefficient (Wildman–Crippen LogP) is 6.05. The first kappa shape index (κ1) is 20.8. The minimum Gasteiger partial charge on any atom is -0.263 e. The number of hydrogen-bond donors (Lipinski definition) is 1. The molecule has 0 aromatic heterocycles. The molecule has 0 bridgehead atoms. The molecule has 0 spiro atoms. The van der Waals surface area contributed by atoms with Crippen molar-refractivity contribution in [1.29, 1.82) is 0 Å². The van der Waals surface area contributed by atoms with Crippen LogP contribution in [0.25, 0.3) is 0 Å². The maximum Gasteiger partial charge on any atom is 0.315 e. The van der Waals surface area contributed by atoms with Crippen molar-refractivity contribution < 1.29 is 4.57 Å². The molecule has 25 heavy (non-hydrogen) atoms. The van der Waals surface area contributed by atoms with Gasteiger partial charge in [0.25, 0.3) is 0 Å². The van der Waals surface area contributed by atoms with E-state index in [0.717, 1.165) is 44.5 Å². The molecule has 1 aliphatic carbocycles. The van der Waals surface area contributed by atoms with Gasteiger partial charge in [0.1, 0.15) is 0 Å². The zero-order valence-electron chi connectivity index (χ0n) is 15.8. The normalized spacial score (nSPS) is 17.8. The molecule has 1 saturated carbocycles. The second-order valence-electron chi connectivity index (χ2n) is 6.87. The Morgan fingerprint density at radius 3 is 2.16 bits per heavy atom. The summed E-state index contributed by atoms with van der Waals surface area (Å²) >= 11 is 1.71. The van der Waals surface area contributed by atoms with Gasteiger partial charge in [0.05, 0.1) is 5.69 Å². The zero-order chi connectivity index (χ0) is 18.1. The number of unbranched alkanes of at least 4 members (excludes halogenated alkanes) is 2. The molecule has 6 heteroatoms. The first-order chi connectivity index (χ1) is 12.1. The summed E-state index contributed by atoms with van der Waals surface area (Å²) in [6, 6.07) is 10.0. The Bertz CT molecular complexity index is 529. The van der Waals surface area contributed by atoms with Crippen molar-refractivity contribution in [3.8, 4) is 0 Å². The van der Waals surface area contributed by atoms with E-state index in [1.165, 1.54) is 25.7 Å². The second kappa shape index (κ2) is 10.6. The van der Waals surface area contributed by atoms with Crippen LogP contribution in [0.3, 0.4) is 0 Å². The highest BCUT2D eigenvalue weighted by Crippen LogP contribution is 2.54. The van der Waals surface area contributed by atoms with E-state index in [9.17, 15) is 4.57 Å². The number of anilines is 1. The number of nitrogens with zero attached hydrogens (tertiary/aromatic N) is 2. The lowest BCUT2D eigenvalue weighted by Gasteiger charge is -2.38. The molecule has 1 fully saturated rings. The van der Waals surface area contributed by atoms with Gasteiger partial charge in [0, 0.05) is 18.3 Å². The van der Waals surface area contributed by atoms with Crippen LogP contribution in [0.15, 0.2) is 30.3 Å². The quantitative estimate of drug-likeness (QED) is 0.372. The Hall–Kier alpha value is -0.480. The van der Waals surface area contributed by atoms with Crippen LogP contribution >= 0.6 is 19.5 Å². The Balaban J connectivity index is 2.25. The molecule has 2 N–H and O–H groups in total. The summed E-state index contributed by atoms with van der Waals surface area (Å²) in [4.78, 5) is 0. The van der Waals surface area contributed by atoms with E-state index >= 15 is 0 Å². The topological polar surface area (TPSA) is 49.6 Å². The van der Waals surface area contributed by atoms with Gasteiger partial charge >= 0.3 is 7.59 Å². The third-order valence-corrected chi connectivity index (χ3v) is 8.86. The summed E-state index contributed by atoms with van der Waals surface area (Å²) < 4.78 is 17.8. The average molecular weight is 384 g/mol. The molecule has 142 valence electrons. The van der Waals surface area contributed by atoms with Crippen LogP contribution < -0.4 is 9.58 Å². The van der Waals surface area contributed by atoms with E-state index in [1.807, 2.05) is 34.4 Å². The van der Waals surface area contributed by atoms with Gasteiger partial charge in [-0.05, 0) is 49.8 Å². The summed E-state index contributed by atoms with van der Waals surface area (Å²) in [5, 5.41) is 0.524. The molecule has 2 rings (SSSR count). The third-order valence-electron chi connectivity index (χ3n) is 4.73. The van der Waals surface area contributed by atoms with Crippen LogP contribution in [0, 0.1) is 0 Å². The van der Waals surface area contributed by atoms with Gasteiger partial charge in [-0.2, -0.15) is 0 Å². The van der Waals surface area contributed by atoms with Crippen molar-refractivity contribution >= 4 is 25.2 Å². The molecule has 1 unspecified atom stereocenters. The molecule has 4 nitrogen and oxygen atoms in total. The number of nitrogens with two attached hydrogens (primary N) is 1. The molecule has 1 aliphatic rings. The second-order valence-corrected chi connectivity index (χ2v) is 10.5. The van der Waals surface area contributed by atoms with Crippen LogP contribution in [0.1, 0.15) is 65.2 Å². The molecular weight excluding hydrogens is 349 g/mol. The summed E-state index contributed by atoms with van der Waals surface area (Å²) in [5.41, 5.74) is 7.54. The maximum atomic E-state index is 13.8. The van der Waals surface area contributed by atoms with Crippen molar-refractivity contribution in [3.05, 3.63) is 30.3 Å². The van der Waals surface area contributed by atoms with E-state index in [-0.39, 0.29) is 0 Å². The third kappa shape index (κ3) is 6.02. The van der Waals surface area contributed by atoms with Gasteiger partial charge < -0.3 is 0 Å². The first-order valence-corrected chi connectivity index (χ1v) is 12.3. The van der Waals surface area contributed by atoms with E-state index in [4.69, 9.17) is 5.50 Å². The lowest BCUT2D eigenvalue weighted by Crippen LogP contribution is -2.35. The Kier molecular flexibility index (Phi) is 8.84. The van der Waals surface area contributed by atoms with Crippen LogP contribution in [0.5, 0.6) is 0 Å². The average Bonchev–Trinajstić information content (AvgIpc) is 3.13. The van der Waals surface area contributed by atoms with Gasteiger partial charge in [-0.15, -0.1) is 0 Å². The van der Waals surface area contributed by atoms with E-state index in [0.29, 0.717) is 5.25 Å².